The summed E-state index contributed by atoms with van der Waals surface area (Å²) in [5.41, 5.74) is 7.76. The molecule has 150 valence electrons. The second-order valence-corrected chi connectivity index (χ2v) is 14.4. The van der Waals surface area contributed by atoms with Crippen molar-refractivity contribution in [3.8, 4) is 0 Å². The van der Waals surface area contributed by atoms with Crippen LogP contribution in [0.25, 0.3) is 6.08 Å². The number of halogens is 2. The fourth-order valence-corrected chi connectivity index (χ4v) is 13.6. The molecule has 0 heterocycles. The molecule has 2 aliphatic carbocycles. The summed E-state index contributed by atoms with van der Waals surface area (Å²) in [5, 5.41) is 0. The molecule has 2 aliphatic rings. The van der Waals surface area contributed by atoms with Gasteiger partial charge in [0.2, 0.25) is 0 Å². The first kappa shape index (κ1) is 24.3. The van der Waals surface area contributed by atoms with Gasteiger partial charge < -0.3 is 24.8 Å². The van der Waals surface area contributed by atoms with Crippen LogP contribution in [-0.2, 0) is 21.3 Å². The van der Waals surface area contributed by atoms with E-state index >= 15 is 0 Å². The molecule has 2 aromatic carbocycles. The van der Waals surface area contributed by atoms with E-state index in [9.17, 15) is 0 Å². The van der Waals surface area contributed by atoms with Crippen LogP contribution in [0.3, 0.4) is 0 Å². The van der Waals surface area contributed by atoms with E-state index in [1.807, 2.05) is 3.28 Å². The molecule has 1 atom stereocenters. The van der Waals surface area contributed by atoms with Gasteiger partial charge in [0.25, 0.3) is 0 Å². The smallest absolute Gasteiger partial charge is 1.00 e. The van der Waals surface area contributed by atoms with Gasteiger partial charge >= 0.3 is 172 Å². The molecule has 0 bridgehead atoms. The van der Waals surface area contributed by atoms with E-state index in [-0.39, 0.29) is 24.8 Å². The molecule has 2 aromatic rings. The molecule has 0 aromatic heterocycles. The molecule has 0 fully saturated rings. The van der Waals surface area contributed by atoms with Gasteiger partial charge in [0, 0.05) is 0 Å². The van der Waals surface area contributed by atoms with Crippen molar-refractivity contribution in [3.63, 3.8) is 0 Å². The van der Waals surface area contributed by atoms with E-state index in [1.54, 1.807) is 19.9 Å². The Balaban J connectivity index is 0.00000150. The Bertz CT molecular complexity index is 981. The minimum atomic E-state index is -2.12. The van der Waals surface area contributed by atoms with Gasteiger partial charge in [-0.15, -0.1) is 0 Å². The predicted molar refractivity (Wildman–Crippen MR) is 115 cm³/mol. The van der Waals surface area contributed by atoms with Gasteiger partial charge in [-0.3, -0.25) is 0 Å². The molecule has 1 unspecified atom stereocenters. The summed E-state index contributed by atoms with van der Waals surface area (Å²) in [4.78, 5) is 0. The second kappa shape index (κ2) is 10.9. The summed E-state index contributed by atoms with van der Waals surface area (Å²) in [6.07, 6.45) is 11.0. The average molecular weight is 503 g/mol. The molecule has 4 rings (SSSR count). The standard InChI is InChI=1S/C9H7.C9H13.C8H8.2ClH.Zr/c1-2-5-9-7-3-6-8(9)4-1;1-3-8-6-5-7-9(8)4-2;1-2-8-6-4-3-5-7-8;;;/h1-7H;6H,3-5H2,1-2H3;3-7H,1H3;2*1H;/q;;;;;+2/p-2. The van der Waals surface area contributed by atoms with Crippen molar-refractivity contribution < 1.29 is 46.1 Å². The summed E-state index contributed by atoms with van der Waals surface area (Å²) in [6.45, 7) is 7.09. The maximum Gasteiger partial charge on any atom is -1.00 e. The van der Waals surface area contributed by atoms with Crippen molar-refractivity contribution >= 4 is 9.28 Å². The van der Waals surface area contributed by atoms with Crippen molar-refractivity contribution in [2.45, 2.75) is 43.7 Å². The van der Waals surface area contributed by atoms with Gasteiger partial charge in [-0.05, 0) is 0 Å². The normalized spacial score (nSPS) is 17.3. The molecule has 29 heavy (non-hydrogen) atoms. The van der Waals surface area contributed by atoms with Crippen molar-refractivity contribution in [1.29, 1.82) is 0 Å². The molecule has 0 saturated carbocycles. The van der Waals surface area contributed by atoms with E-state index in [4.69, 9.17) is 0 Å². The van der Waals surface area contributed by atoms with Crippen molar-refractivity contribution in [2.24, 2.45) is 0 Å². The van der Waals surface area contributed by atoms with Crippen LogP contribution >= 0.6 is 0 Å². The first-order valence-electron chi connectivity index (χ1n) is 10.2. The zero-order valence-corrected chi connectivity index (χ0v) is 21.4. The first-order chi connectivity index (χ1) is 13.2. The van der Waals surface area contributed by atoms with Gasteiger partial charge in [0.15, 0.2) is 0 Å². The third kappa shape index (κ3) is 4.68. The van der Waals surface area contributed by atoms with E-state index in [0.29, 0.717) is 3.63 Å². The fourth-order valence-electron chi connectivity index (χ4n) is 4.73. The topological polar surface area (TPSA) is 0 Å². The molecule has 0 aliphatic heterocycles. The molecule has 0 spiro atoms. The van der Waals surface area contributed by atoms with Crippen molar-refractivity contribution in [1.82, 2.24) is 0 Å². The Morgan fingerprint density at radius 3 is 2.31 bits per heavy atom. The monoisotopic (exact) mass is 500 g/mol. The molecule has 0 saturated heterocycles. The first-order valence-corrected chi connectivity index (χ1v) is 14.1. The second-order valence-electron chi connectivity index (χ2n) is 7.47. The number of hydrogen-bond acceptors (Lipinski definition) is 0. The SMILES string of the molecule is CCC1=CC[C](/[Zr+2](=[C](/C)c2ccccc2)[CH]2C=Cc3ccccc32)=C1CC.[Cl-].[Cl-]. The molecular weight excluding hydrogens is 474 g/mol. The minimum Gasteiger partial charge on any atom is -1.00 e. The summed E-state index contributed by atoms with van der Waals surface area (Å²) < 4.78 is 4.16. The predicted octanol–water partition coefficient (Wildman–Crippen LogP) is 1.03. The molecule has 0 nitrogen and oxygen atoms in total. The zero-order chi connectivity index (χ0) is 18.8. The van der Waals surface area contributed by atoms with Gasteiger partial charge in [-0.2, -0.15) is 0 Å². The Hall–Kier alpha value is -1.01. The van der Waals surface area contributed by atoms with Gasteiger partial charge in [0.05, 0.1) is 0 Å². The van der Waals surface area contributed by atoms with E-state index in [0.717, 1.165) is 0 Å². The Morgan fingerprint density at radius 1 is 0.931 bits per heavy atom. The number of hydrogen-bond donors (Lipinski definition) is 0. The van der Waals surface area contributed by atoms with E-state index in [2.05, 4.69) is 93.6 Å². The summed E-state index contributed by atoms with van der Waals surface area (Å²) in [6, 6.07) is 20.2. The zero-order valence-electron chi connectivity index (χ0n) is 17.4. The summed E-state index contributed by atoms with van der Waals surface area (Å²) in [5.74, 6) is 0. The molecule has 0 amide bonds. The van der Waals surface area contributed by atoms with Crippen LogP contribution in [0.2, 0.25) is 0 Å². The maximum atomic E-state index is 2.53. The van der Waals surface area contributed by atoms with Crippen LogP contribution in [0.1, 0.15) is 60.3 Å². The van der Waals surface area contributed by atoms with Crippen LogP contribution < -0.4 is 24.8 Å². The van der Waals surface area contributed by atoms with Crippen LogP contribution in [0.15, 0.2) is 81.2 Å². The number of rotatable bonds is 5. The third-order valence-corrected chi connectivity index (χ3v) is 14.4. The summed E-state index contributed by atoms with van der Waals surface area (Å²) >= 11 is -2.12. The summed E-state index contributed by atoms with van der Waals surface area (Å²) in [7, 11) is 0. The number of fused-ring (bicyclic) bond motifs is 1. The Morgan fingerprint density at radius 2 is 1.62 bits per heavy atom. The van der Waals surface area contributed by atoms with Crippen LogP contribution in [0.5, 0.6) is 0 Å². The van der Waals surface area contributed by atoms with Crippen molar-refractivity contribution in [2.75, 3.05) is 0 Å². The molecule has 0 radical (unpaired) electrons. The van der Waals surface area contributed by atoms with E-state index in [1.165, 1.54) is 30.4 Å². The van der Waals surface area contributed by atoms with Crippen LogP contribution in [-0.4, -0.2) is 3.21 Å². The molecular formula is C26H28Cl2Zr. The van der Waals surface area contributed by atoms with Gasteiger partial charge in [0.1, 0.15) is 0 Å². The van der Waals surface area contributed by atoms with Crippen LogP contribution in [0.4, 0.5) is 0 Å². The Labute approximate surface area is 195 Å². The van der Waals surface area contributed by atoms with Crippen molar-refractivity contribution in [3.05, 3.63) is 97.9 Å². The molecule has 3 heteroatoms. The number of benzene rings is 2. The van der Waals surface area contributed by atoms with E-state index < -0.39 is 21.3 Å². The molecule has 0 N–H and O–H groups in total. The Kier molecular flexibility index (Phi) is 9.08. The maximum absolute atomic E-state index is 2.53. The fraction of sp³-hybridized carbons (Fsp3) is 0.269. The quantitative estimate of drug-likeness (QED) is 0.573. The van der Waals surface area contributed by atoms with Crippen LogP contribution in [0, 0.1) is 0 Å². The average Bonchev–Trinajstić information content (AvgIpc) is 3.33. The largest absolute Gasteiger partial charge is 1.00 e. The number of allylic oxidation sites excluding steroid dienone is 5. The third-order valence-electron chi connectivity index (χ3n) is 6.09. The van der Waals surface area contributed by atoms with Gasteiger partial charge in [-0.25, -0.2) is 0 Å². The van der Waals surface area contributed by atoms with Gasteiger partial charge in [-0.1, -0.05) is 0 Å². The minimum absolute atomic E-state index is 0.